The number of fused-ring (bicyclic) bond motifs is 7. The molecular weight excluding hydrogens is 623 g/mol. The number of benzene rings is 9. The zero-order valence-corrected chi connectivity index (χ0v) is 28.1. The molecule has 0 atom stereocenters. The first-order chi connectivity index (χ1) is 24.8. The summed E-state index contributed by atoms with van der Waals surface area (Å²) < 4.78 is 2.60. The first-order valence-corrected chi connectivity index (χ1v) is 17.9. The lowest BCUT2D eigenvalue weighted by Gasteiger charge is -2.28. The molecule has 1 aromatic heterocycles. The summed E-state index contributed by atoms with van der Waals surface area (Å²) in [6.45, 7) is 0. The molecule has 10 aromatic rings. The Hall–Kier alpha value is -6.22. The zero-order chi connectivity index (χ0) is 33.0. The van der Waals surface area contributed by atoms with Gasteiger partial charge in [-0.15, -0.1) is 11.3 Å². The van der Waals surface area contributed by atoms with Gasteiger partial charge in [-0.1, -0.05) is 146 Å². The molecule has 0 fully saturated rings. The maximum Gasteiger partial charge on any atom is 0.0555 e. The molecule has 0 bridgehead atoms. The van der Waals surface area contributed by atoms with E-state index in [1.807, 2.05) is 11.3 Å². The van der Waals surface area contributed by atoms with Crippen molar-refractivity contribution in [3.8, 4) is 22.3 Å². The highest BCUT2D eigenvalue weighted by molar-refractivity contribution is 7.26. The van der Waals surface area contributed by atoms with Crippen molar-refractivity contribution in [3.05, 3.63) is 188 Å². The van der Waals surface area contributed by atoms with Crippen molar-refractivity contribution in [2.75, 3.05) is 4.90 Å². The van der Waals surface area contributed by atoms with E-state index in [1.165, 1.54) is 86.1 Å². The van der Waals surface area contributed by atoms with Gasteiger partial charge in [-0.2, -0.15) is 0 Å². The smallest absolute Gasteiger partial charge is 0.0555 e. The average molecular weight is 654 g/mol. The van der Waals surface area contributed by atoms with Crippen LogP contribution in [-0.4, -0.2) is 0 Å². The Morgan fingerprint density at radius 3 is 1.66 bits per heavy atom. The summed E-state index contributed by atoms with van der Waals surface area (Å²) in [5.74, 6) is 0. The molecule has 0 aliphatic rings. The van der Waals surface area contributed by atoms with Gasteiger partial charge in [-0.25, -0.2) is 0 Å². The Balaban J connectivity index is 1.12. The van der Waals surface area contributed by atoms with Crippen molar-refractivity contribution in [2.45, 2.75) is 0 Å². The van der Waals surface area contributed by atoms with Gasteiger partial charge in [0.1, 0.15) is 0 Å². The van der Waals surface area contributed by atoms with Gasteiger partial charge in [-0.05, 0) is 91.6 Å². The highest BCUT2D eigenvalue weighted by Gasteiger charge is 2.21. The average Bonchev–Trinajstić information content (AvgIpc) is 3.58. The van der Waals surface area contributed by atoms with Crippen LogP contribution in [0.15, 0.2) is 188 Å². The van der Waals surface area contributed by atoms with Crippen LogP contribution in [0, 0.1) is 0 Å². The highest BCUT2D eigenvalue weighted by Crippen LogP contribution is 2.47. The maximum atomic E-state index is 2.48. The molecule has 1 nitrogen and oxygen atoms in total. The summed E-state index contributed by atoms with van der Waals surface area (Å²) in [4.78, 5) is 2.48. The van der Waals surface area contributed by atoms with Gasteiger partial charge in [0.25, 0.3) is 0 Å². The Labute approximate surface area is 294 Å². The molecule has 0 N–H and O–H groups in total. The number of anilines is 3. The minimum atomic E-state index is 1.13. The van der Waals surface area contributed by atoms with Crippen molar-refractivity contribution < 1.29 is 0 Å². The van der Waals surface area contributed by atoms with Crippen molar-refractivity contribution in [3.63, 3.8) is 0 Å². The molecule has 0 saturated carbocycles. The van der Waals surface area contributed by atoms with Crippen LogP contribution < -0.4 is 4.90 Å². The first-order valence-electron chi connectivity index (χ1n) is 17.1. The van der Waals surface area contributed by atoms with E-state index in [0.29, 0.717) is 0 Å². The van der Waals surface area contributed by atoms with Crippen molar-refractivity contribution >= 4 is 80.9 Å². The molecular formula is C48H31NS. The predicted octanol–water partition coefficient (Wildman–Crippen LogP) is 14.3. The summed E-state index contributed by atoms with van der Waals surface area (Å²) in [5.41, 5.74) is 8.35. The van der Waals surface area contributed by atoms with Crippen molar-refractivity contribution in [1.82, 2.24) is 0 Å². The third-order valence-corrected chi connectivity index (χ3v) is 11.2. The summed E-state index contributed by atoms with van der Waals surface area (Å²) in [7, 11) is 0. The van der Waals surface area contributed by atoms with Gasteiger partial charge < -0.3 is 4.90 Å². The molecule has 234 valence electrons. The molecule has 0 spiro atoms. The second kappa shape index (κ2) is 11.7. The Bertz CT molecular complexity index is 2860. The molecule has 0 unspecified atom stereocenters. The topological polar surface area (TPSA) is 3.24 Å². The Kier molecular flexibility index (Phi) is 6.75. The fourth-order valence-corrected chi connectivity index (χ4v) is 8.72. The third kappa shape index (κ3) is 4.76. The zero-order valence-electron chi connectivity index (χ0n) is 27.3. The Morgan fingerprint density at radius 1 is 0.320 bits per heavy atom. The maximum absolute atomic E-state index is 2.48. The summed E-state index contributed by atoms with van der Waals surface area (Å²) in [6, 6.07) is 68.8. The minimum Gasteiger partial charge on any atom is -0.309 e. The summed E-state index contributed by atoms with van der Waals surface area (Å²) in [6.07, 6.45) is 0. The number of rotatable bonds is 5. The molecule has 0 saturated heterocycles. The van der Waals surface area contributed by atoms with Crippen LogP contribution in [-0.2, 0) is 0 Å². The lowest BCUT2D eigenvalue weighted by Crippen LogP contribution is -2.11. The molecule has 2 heteroatoms. The van der Waals surface area contributed by atoms with Gasteiger partial charge in [0.15, 0.2) is 0 Å². The van der Waals surface area contributed by atoms with Gasteiger partial charge in [-0.3, -0.25) is 0 Å². The van der Waals surface area contributed by atoms with Crippen LogP contribution in [0.2, 0.25) is 0 Å². The van der Waals surface area contributed by atoms with Crippen LogP contribution in [0.1, 0.15) is 0 Å². The number of nitrogens with zero attached hydrogens (tertiary/aromatic N) is 1. The minimum absolute atomic E-state index is 1.13. The lowest BCUT2D eigenvalue weighted by molar-refractivity contribution is 1.32. The second-order valence-electron chi connectivity index (χ2n) is 12.9. The first kappa shape index (κ1) is 28.8. The molecule has 0 radical (unpaired) electrons. The van der Waals surface area contributed by atoms with Crippen LogP contribution >= 0.6 is 11.3 Å². The van der Waals surface area contributed by atoms with Gasteiger partial charge >= 0.3 is 0 Å². The second-order valence-corrected chi connectivity index (χ2v) is 14.0. The van der Waals surface area contributed by atoms with Crippen LogP contribution in [0.4, 0.5) is 17.1 Å². The molecule has 9 aromatic carbocycles. The molecule has 0 aliphatic carbocycles. The molecule has 0 aliphatic heterocycles. The number of hydrogen-bond acceptors (Lipinski definition) is 2. The van der Waals surface area contributed by atoms with Gasteiger partial charge in [0.05, 0.1) is 11.4 Å². The van der Waals surface area contributed by atoms with Crippen molar-refractivity contribution in [2.24, 2.45) is 0 Å². The number of hydrogen-bond donors (Lipinski definition) is 0. The summed E-state index contributed by atoms with van der Waals surface area (Å²) in [5, 5.41) is 10.1. The van der Waals surface area contributed by atoms with E-state index in [0.717, 1.165) is 5.69 Å². The van der Waals surface area contributed by atoms with Gasteiger partial charge in [0.2, 0.25) is 0 Å². The highest BCUT2D eigenvalue weighted by atomic mass is 32.1. The SMILES string of the molecule is c1ccc2cc(-c3ccc(-c4ccc(N(c5cc6ccccc6c6ccccc56)c5cccc6sc7ccccc7c56)cc4)cc3)ccc2c1. The van der Waals surface area contributed by atoms with E-state index < -0.39 is 0 Å². The van der Waals surface area contributed by atoms with E-state index >= 15 is 0 Å². The Morgan fingerprint density at radius 2 is 0.880 bits per heavy atom. The molecule has 10 rings (SSSR count). The standard InChI is InChI=1S/C48H31NS/c1-2-11-36-30-37(25-24-32(36)10-1)35-22-20-33(21-23-35)34-26-28-39(29-27-34)49(44-17-9-19-47-48(44)43-16-7-8-18-46(43)50-47)45-31-38-12-3-4-13-40(38)41-14-5-6-15-42(41)45/h1-31H. The fourth-order valence-electron chi connectivity index (χ4n) is 7.60. The van der Waals surface area contributed by atoms with Crippen LogP contribution in [0.25, 0.3) is 74.7 Å². The monoisotopic (exact) mass is 653 g/mol. The normalized spacial score (nSPS) is 11.6. The van der Waals surface area contributed by atoms with Crippen LogP contribution in [0.5, 0.6) is 0 Å². The molecule has 0 amide bonds. The van der Waals surface area contributed by atoms with Crippen LogP contribution in [0.3, 0.4) is 0 Å². The predicted molar refractivity (Wildman–Crippen MR) is 217 cm³/mol. The number of thiophene rings is 1. The van der Waals surface area contributed by atoms with E-state index in [-0.39, 0.29) is 0 Å². The lowest BCUT2D eigenvalue weighted by atomic mass is 9.97. The van der Waals surface area contributed by atoms with E-state index in [2.05, 4.69) is 193 Å². The molecule has 1 heterocycles. The summed E-state index contributed by atoms with van der Waals surface area (Å²) >= 11 is 1.86. The third-order valence-electron chi connectivity index (χ3n) is 10.0. The quantitative estimate of drug-likeness (QED) is 0.167. The van der Waals surface area contributed by atoms with Crippen molar-refractivity contribution in [1.29, 1.82) is 0 Å². The van der Waals surface area contributed by atoms with Gasteiger partial charge in [0, 0.05) is 31.2 Å². The fraction of sp³-hybridized carbons (Fsp3) is 0. The van der Waals surface area contributed by atoms with E-state index in [1.54, 1.807) is 0 Å². The largest absolute Gasteiger partial charge is 0.309 e. The molecule has 50 heavy (non-hydrogen) atoms. The van der Waals surface area contributed by atoms with E-state index in [9.17, 15) is 0 Å². The van der Waals surface area contributed by atoms with E-state index in [4.69, 9.17) is 0 Å².